The van der Waals surface area contributed by atoms with Gasteiger partial charge >= 0.3 is 0 Å². The highest BCUT2D eigenvalue weighted by atomic mass is 16.3. The monoisotopic (exact) mass is 257 g/mol. The van der Waals surface area contributed by atoms with E-state index in [2.05, 4.69) is 15.2 Å². The minimum absolute atomic E-state index is 0.0818. The highest BCUT2D eigenvalue weighted by molar-refractivity contribution is 5.94. The van der Waals surface area contributed by atoms with E-state index in [0.29, 0.717) is 5.56 Å². The van der Waals surface area contributed by atoms with Crippen molar-refractivity contribution in [3.8, 4) is 0 Å². The maximum atomic E-state index is 11.9. The van der Waals surface area contributed by atoms with Gasteiger partial charge < -0.3 is 14.6 Å². The molecule has 1 saturated heterocycles. The van der Waals surface area contributed by atoms with E-state index in [4.69, 9.17) is 4.42 Å². The summed E-state index contributed by atoms with van der Waals surface area (Å²) in [7, 11) is 0. The Labute approximate surface area is 111 Å². The van der Waals surface area contributed by atoms with Gasteiger partial charge in [-0.15, -0.1) is 0 Å². The molecule has 5 heteroatoms. The van der Waals surface area contributed by atoms with Crippen molar-refractivity contribution in [1.29, 1.82) is 0 Å². The average molecular weight is 257 g/mol. The molecule has 19 heavy (non-hydrogen) atoms. The number of rotatable bonds is 3. The second-order valence-electron chi connectivity index (χ2n) is 4.61. The van der Waals surface area contributed by atoms with Crippen molar-refractivity contribution < 1.29 is 9.21 Å². The van der Waals surface area contributed by atoms with Crippen molar-refractivity contribution in [2.24, 2.45) is 0 Å². The third kappa shape index (κ3) is 2.59. The predicted octanol–water partition coefficient (Wildman–Crippen LogP) is 1.68. The molecule has 0 saturated carbocycles. The van der Waals surface area contributed by atoms with Gasteiger partial charge in [0.25, 0.3) is 5.91 Å². The van der Waals surface area contributed by atoms with Gasteiger partial charge in [0.1, 0.15) is 12.1 Å². The van der Waals surface area contributed by atoms with E-state index in [0.717, 1.165) is 25.3 Å². The van der Waals surface area contributed by atoms with Gasteiger partial charge in [0, 0.05) is 25.3 Å². The number of anilines is 1. The van der Waals surface area contributed by atoms with Gasteiger partial charge in [0.2, 0.25) is 0 Å². The number of pyridine rings is 1. The molecule has 3 rings (SSSR count). The fraction of sp³-hybridized carbons (Fsp3) is 0.286. The van der Waals surface area contributed by atoms with Gasteiger partial charge in [-0.3, -0.25) is 4.79 Å². The summed E-state index contributed by atoms with van der Waals surface area (Å²) in [6.45, 7) is 1.70. The summed E-state index contributed by atoms with van der Waals surface area (Å²) in [5, 5.41) is 3.01. The summed E-state index contributed by atoms with van der Waals surface area (Å²) < 4.78 is 4.91. The van der Waals surface area contributed by atoms with Crippen LogP contribution in [0.25, 0.3) is 0 Å². The summed E-state index contributed by atoms with van der Waals surface area (Å²) in [4.78, 5) is 18.4. The zero-order valence-electron chi connectivity index (χ0n) is 10.5. The molecule has 1 atom stereocenters. The molecule has 2 aromatic rings. The first-order valence-corrected chi connectivity index (χ1v) is 6.32. The van der Waals surface area contributed by atoms with Gasteiger partial charge in [-0.05, 0) is 24.6 Å². The molecule has 1 aliphatic heterocycles. The smallest absolute Gasteiger partial charge is 0.254 e. The summed E-state index contributed by atoms with van der Waals surface area (Å²) in [5.74, 6) is 0.879. The number of furan rings is 1. The molecule has 98 valence electrons. The van der Waals surface area contributed by atoms with Crippen LogP contribution in [0.2, 0.25) is 0 Å². The van der Waals surface area contributed by atoms with Crippen molar-refractivity contribution >= 4 is 11.7 Å². The Morgan fingerprint density at radius 2 is 2.37 bits per heavy atom. The largest absolute Gasteiger partial charge is 0.472 e. The standard InChI is InChI=1S/C14H15N3O2/c18-14(11-5-8-19-10-11)16-12-4-7-17(9-12)13-3-1-2-6-15-13/h1-3,5-6,8,10,12H,4,7,9H2,(H,16,18)/t12-/m1/s1. The molecular weight excluding hydrogens is 242 g/mol. The third-order valence-corrected chi connectivity index (χ3v) is 3.28. The number of carbonyl (C=O) groups excluding carboxylic acids is 1. The first-order valence-electron chi connectivity index (χ1n) is 6.32. The van der Waals surface area contributed by atoms with Crippen LogP contribution < -0.4 is 10.2 Å². The van der Waals surface area contributed by atoms with E-state index in [1.807, 2.05) is 18.2 Å². The molecule has 0 aliphatic carbocycles. The van der Waals surface area contributed by atoms with E-state index in [9.17, 15) is 4.79 Å². The van der Waals surface area contributed by atoms with Gasteiger partial charge in [0.15, 0.2) is 0 Å². The van der Waals surface area contributed by atoms with Crippen LogP contribution in [-0.2, 0) is 0 Å². The van der Waals surface area contributed by atoms with Gasteiger partial charge in [-0.25, -0.2) is 4.98 Å². The molecule has 0 aromatic carbocycles. The van der Waals surface area contributed by atoms with Crippen molar-refractivity contribution in [2.75, 3.05) is 18.0 Å². The van der Waals surface area contributed by atoms with Crippen LogP contribution >= 0.6 is 0 Å². The molecule has 5 nitrogen and oxygen atoms in total. The number of hydrogen-bond donors (Lipinski definition) is 1. The van der Waals surface area contributed by atoms with Crippen LogP contribution in [0.5, 0.6) is 0 Å². The number of amides is 1. The highest BCUT2D eigenvalue weighted by Gasteiger charge is 2.25. The number of hydrogen-bond acceptors (Lipinski definition) is 4. The number of nitrogens with zero attached hydrogens (tertiary/aromatic N) is 2. The molecular formula is C14H15N3O2. The molecule has 2 aromatic heterocycles. The number of aromatic nitrogens is 1. The van der Waals surface area contributed by atoms with Crippen molar-refractivity contribution in [3.05, 3.63) is 48.6 Å². The SMILES string of the molecule is O=C(N[C@@H]1CCN(c2ccccn2)C1)c1ccoc1. The van der Waals surface area contributed by atoms with Crippen LogP contribution in [-0.4, -0.2) is 30.0 Å². The predicted molar refractivity (Wildman–Crippen MR) is 71.0 cm³/mol. The lowest BCUT2D eigenvalue weighted by Gasteiger charge is -2.17. The Hall–Kier alpha value is -2.30. The molecule has 1 N–H and O–H groups in total. The second-order valence-corrected chi connectivity index (χ2v) is 4.61. The van der Waals surface area contributed by atoms with E-state index < -0.39 is 0 Å². The maximum absolute atomic E-state index is 11.9. The third-order valence-electron chi connectivity index (χ3n) is 3.28. The Balaban J connectivity index is 1.59. The molecule has 0 bridgehead atoms. The van der Waals surface area contributed by atoms with Crippen LogP contribution in [0.1, 0.15) is 16.8 Å². The summed E-state index contributed by atoms with van der Waals surface area (Å²) in [6, 6.07) is 7.68. The molecule has 1 fully saturated rings. The average Bonchev–Trinajstić information content (AvgIpc) is 3.11. The van der Waals surface area contributed by atoms with Crippen molar-refractivity contribution in [2.45, 2.75) is 12.5 Å². The quantitative estimate of drug-likeness (QED) is 0.909. The lowest BCUT2D eigenvalue weighted by molar-refractivity contribution is 0.0940. The van der Waals surface area contributed by atoms with Crippen LogP contribution in [0, 0.1) is 0 Å². The zero-order valence-corrected chi connectivity index (χ0v) is 10.5. The van der Waals surface area contributed by atoms with Crippen molar-refractivity contribution in [3.63, 3.8) is 0 Å². The lowest BCUT2D eigenvalue weighted by Crippen LogP contribution is -2.37. The van der Waals surface area contributed by atoms with E-state index >= 15 is 0 Å². The normalized spacial score (nSPS) is 18.5. The summed E-state index contributed by atoms with van der Waals surface area (Å²) in [6.07, 6.45) is 5.68. The van der Waals surface area contributed by atoms with E-state index in [-0.39, 0.29) is 11.9 Å². The van der Waals surface area contributed by atoms with E-state index in [1.165, 1.54) is 12.5 Å². The molecule has 0 spiro atoms. The fourth-order valence-electron chi connectivity index (χ4n) is 2.29. The molecule has 1 aliphatic rings. The Kier molecular flexibility index (Phi) is 3.18. The highest BCUT2D eigenvalue weighted by Crippen LogP contribution is 2.17. The summed E-state index contributed by atoms with van der Waals surface area (Å²) in [5.41, 5.74) is 0.566. The molecule has 0 radical (unpaired) electrons. The van der Waals surface area contributed by atoms with Crippen molar-refractivity contribution in [1.82, 2.24) is 10.3 Å². The zero-order chi connectivity index (χ0) is 13.1. The summed E-state index contributed by atoms with van der Waals surface area (Å²) >= 11 is 0. The van der Waals surface area contributed by atoms with Gasteiger partial charge in [-0.1, -0.05) is 6.07 Å². The van der Waals surface area contributed by atoms with Crippen LogP contribution in [0.3, 0.4) is 0 Å². The Morgan fingerprint density at radius 1 is 1.42 bits per heavy atom. The van der Waals surface area contributed by atoms with Crippen LogP contribution in [0.15, 0.2) is 47.4 Å². The van der Waals surface area contributed by atoms with Gasteiger partial charge in [-0.2, -0.15) is 0 Å². The number of nitrogens with one attached hydrogen (secondary N) is 1. The first kappa shape index (κ1) is 11.8. The molecule has 3 heterocycles. The fourth-order valence-corrected chi connectivity index (χ4v) is 2.29. The minimum Gasteiger partial charge on any atom is -0.472 e. The Bertz CT molecular complexity index is 539. The number of carbonyl (C=O) groups is 1. The lowest BCUT2D eigenvalue weighted by atomic mass is 10.2. The van der Waals surface area contributed by atoms with E-state index in [1.54, 1.807) is 12.3 Å². The van der Waals surface area contributed by atoms with Crippen LogP contribution in [0.4, 0.5) is 5.82 Å². The first-order chi connectivity index (χ1) is 9.33. The van der Waals surface area contributed by atoms with Gasteiger partial charge in [0.05, 0.1) is 11.8 Å². The topological polar surface area (TPSA) is 58.4 Å². The maximum Gasteiger partial charge on any atom is 0.254 e. The second kappa shape index (κ2) is 5.14. The molecule has 0 unspecified atom stereocenters. The minimum atomic E-state index is -0.0818. The Morgan fingerprint density at radius 3 is 3.11 bits per heavy atom. The molecule has 1 amide bonds.